The zero-order valence-corrected chi connectivity index (χ0v) is 12.5. The van der Waals surface area contributed by atoms with Crippen LogP contribution in [0.5, 0.6) is 11.5 Å². The number of aliphatic hydroxyl groups excluding tert-OH is 1. The zero-order valence-electron chi connectivity index (χ0n) is 10.9. The van der Waals surface area contributed by atoms with Crippen LogP contribution in [0.15, 0.2) is 24.3 Å². The van der Waals surface area contributed by atoms with Crippen molar-refractivity contribution < 1.29 is 14.6 Å². The summed E-state index contributed by atoms with van der Waals surface area (Å²) in [6.45, 7) is 1.92. The summed E-state index contributed by atoms with van der Waals surface area (Å²) in [6, 6.07) is 7.26. The van der Waals surface area contributed by atoms with E-state index in [-0.39, 0.29) is 0 Å². The van der Waals surface area contributed by atoms with Gasteiger partial charge in [0.25, 0.3) is 0 Å². The first kappa shape index (κ1) is 14.2. The normalized spacial score (nSPS) is 12.3. The average Bonchev–Trinajstić information content (AvgIpc) is 2.77. The van der Waals surface area contributed by atoms with Crippen LogP contribution in [0.2, 0.25) is 4.34 Å². The molecule has 1 unspecified atom stereocenters. The number of thiophene rings is 1. The first-order chi connectivity index (χ1) is 9.06. The molecule has 5 heteroatoms. The SMILES string of the molecule is COc1ccc(C(O)c2cc(C)c(Cl)s2)cc1OC. The molecule has 0 aliphatic heterocycles. The molecule has 0 saturated heterocycles. The van der Waals surface area contributed by atoms with E-state index in [1.54, 1.807) is 26.4 Å². The van der Waals surface area contributed by atoms with E-state index in [4.69, 9.17) is 21.1 Å². The maximum Gasteiger partial charge on any atom is 0.161 e. The molecule has 0 fully saturated rings. The lowest BCUT2D eigenvalue weighted by molar-refractivity contribution is 0.223. The Morgan fingerprint density at radius 1 is 1.16 bits per heavy atom. The van der Waals surface area contributed by atoms with Crippen molar-refractivity contribution in [3.63, 3.8) is 0 Å². The lowest BCUT2D eigenvalue weighted by Crippen LogP contribution is -1.99. The molecule has 1 heterocycles. The largest absolute Gasteiger partial charge is 0.493 e. The minimum absolute atomic E-state index is 0.596. The molecule has 0 spiro atoms. The van der Waals surface area contributed by atoms with E-state index in [0.29, 0.717) is 15.8 Å². The van der Waals surface area contributed by atoms with Crippen LogP contribution in [-0.4, -0.2) is 19.3 Å². The molecule has 1 aromatic heterocycles. The summed E-state index contributed by atoms with van der Waals surface area (Å²) >= 11 is 7.41. The van der Waals surface area contributed by atoms with Crippen LogP contribution in [0.3, 0.4) is 0 Å². The van der Waals surface area contributed by atoms with Crippen molar-refractivity contribution in [1.29, 1.82) is 0 Å². The van der Waals surface area contributed by atoms with Gasteiger partial charge in [-0.05, 0) is 36.2 Å². The minimum atomic E-state index is -0.712. The quantitative estimate of drug-likeness (QED) is 0.933. The first-order valence-corrected chi connectivity index (χ1v) is 6.92. The average molecular weight is 299 g/mol. The molecular formula is C14H15ClO3S. The molecule has 3 nitrogen and oxygen atoms in total. The number of rotatable bonds is 4. The Morgan fingerprint density at radius 3 is 2.37 bits per heavy atom. The molecule has 0 saturated carbocycles. The van der Waals surface area contributed by atoms with E-state index in [2.05, 4.69) is 0 Å². The van der Waals surface area contributed by atoms with Gasteiger partial charge in [-0.25, -0.2) is 0 Å². The Kier molecular flexibility index (Phi) is 4.34. The number of halogens is 1. The van der Waals surface area contributed by atoms with Gasteiger partial charge in [-0.2, -0.15) is 0 Å². The van der Waals surface area contributed by atoms with Crippen molar-refractivity contribution in [3.8, 4) is 11.5 Å². The number of hydrogen-bond donors (Lipinski definition) is 1. The van der Waals surface area contributed by atoms with Crippen LogP contribution in [0.1, 0.15) is 22.1 Å². The molecule has 2 rings (SSSR count). The lowest BCUT2D eigenvalue weighted by atomic mass is 10.1. The minimum Gasteiger partial charge on any atom is -0.493 e. The van der Waals surface area contributed by atoms with Crippen LogP contribution >= 0.6 is 22.9 Å². The van der Waals surface area contributed by atoms with E-state index in [1.807, 2.05) is 19.1 Å². The van der Waals surface area contributed by atoms with Crippen molar-refractivity contribution in [2.75, 3.05) is 14.2 Å². The van der Waals surface area contributed by atoms with E-state index in [0.717, 1.165) is 16.0 Å². The van der Waals surface area contributed by atoms with Crippen molar-refractivity contribution in [2.24, 2.45) is 0 Å². The van der Waals surface area contributed by atoms with Gasteiger partial charge in [0, 0.05) is 4.88 Å². The highest BCUT2D eigenvalue weighted by Crippen LogP contribution is 2.36. The standard InChI is InChI=1S/C14H15ClO3S/c1-8-6-12(19-14(8)15)13(16)9-4-5-10(17-2)11(7-9)18-3/h4-7,13,16H,1-3H3. The van der Waals surface area contributed by atoms with Gasteiger partial charge in [-0.15, -0.1) is 11.3 Å². The Morgan fingerprint density at radius 2 is 1.84 bits per heavy atom. The molecule has 0 aliphatic rings. The highest BCUT2D eigenvalue weighted by atomic mass is 35.5. The highest BCUT2D eigenvalue weighted by molar-refractivity contribution is 7.16. The monoisotopic (exact) mass is 298 g/mol. The molecular weight excluding hydrogens is 284 g/mol. The summed E-state index contributed by atoms with van der Waals surface area (Å²) in [4.78, 5) is 0.815. The molecule has 0 amide bonds. The fraction of sp³-hybridized carbons (Fsp3) is 0.286. The number of methoxy groups -OCH3 is 2. The third-order valence-corrected chi connectivity index (χ3v) is 4.48. The Balaban J connectivity index is 2.35. The van der Waals surface area contributed by atoms with E-state index in [1.165, 1.54) is 11.3 Å². The zero-order chi connectivity index (χ0) is 14.0. The van der Waals surface area contributed by atoms with Crippen molar-refractivity contribution in [1.82, 2.24) is 0 Å². The second-order valence-electron chi connectivity index (χ2n) is 4.12. The fourth-order valence-corrected chi connectivity index (χ4v) is 3.04. The lowest BCUT2D eigenvalue weighted by Gasteiger charge is -2.13. The van der Waals surface area contributed by atoms with E-state index >= 15 is 0 Å². The van der Waals surface area contributed by atoms with Gasteiger partial charge in [0.15, 0.2) is 11.5 Å². The summed E-state index contributed by atoms with van der Waals surface area (Å²) in [5, 5.41) is 10.4. The number of aryl methyl sites for hydroxylation is 1. The molecule has 1 N–H and O–H groups in total. The maximum atomic E-state index is 10.4. The van der Waals surface area contributed by atoms with Crippen LogP contribution in [0.4, 0.5) is 0 Å². The number of ether oxygens (including phenoxy) is 2. The Bertz CT molecular complexity index is 561. The van der Waals surface area contributed by atoms with Crippen LogP contribution < -0.4 is 9.47 Å². The topological polar surface area (TPSA) is 38.7 Å². The van der Waals surface area contributed by atoms with Gasteiger partial charge in [0.05, 0.1) is 18.6 Å². The first-order valence-electron chi connectivity index (χ1n) is 5.72. The summed E-state index contributed by atoms with van der Waals surface area (Å²) < 4.78 is 11.1. The maximum absolute atomic E-state index is 10.4. The van der Waals surface area contributed by atoms with Gasteiger partial charge in [-0.3, -0.25) is 0 Å². The summed E-state index contributed by atoms with van der Waals surface area (Å²) in [7, 11) is 3.15. The Labute approximate surface area is 121 Å². The number of aliphatic hydroxyl groups is 1. The Hall–Kier alpha value is -1.23. The second kappa shape index (κ2) is 5.82. The molecule has 0 bridgehead atoms. The van der Waals surface area contributed by atoms with Crippen LogP contribution in [0.25, 0.3) is 0 Å². The van der Waals surface area contributed by atoms with Crippen LogP contribution in [0, 0.1) is 6.92 Å². The third-order valence-electron chi connectivity index (χ3n) is 2.87. The molecule has 1 aromatic carbocycles. The van der Waals surface area contributed by atoms with Gasteiger partial charge >= 0.3 is 0 Å². The van der Waals surface area contributed by atoms with Crippen LogP contribution in [-0.2, 0) is 0 Å². The van der Waals surface area contributed by atoms with Gasteiger partial charge in [0.1, 0.15) is 6.10 Å². The second-order valence-corrected chi connectivity index (χ2v) is 5.81. The van der Waals surface area contributed by atoms with Gasteiger partial charge < -0.3 is 14.6 Å². The molecule has 19 heavy (non-hydrogen) atoms. The molecule has 2 aromatic rings. The van der Waals surface area contributed by atoms with E-state index < -0.39 is 6.10 Å². The van der Waals surface area contributed by atoms with Crippen molar-refractivity contribution in [2.45, 2.75) is 13.0 Å². The molecule has 102 valence electrons. The fourth-order valence-electron chi connectivity index (χ4n) is 1.81. The molecule has 0 radical (unpaired) electrons. The number of benzene rings is 1. The van der Waals surface area contributed by atoms with Crippen molar-refractivity contribution in [3.05, 3.63) is 44.6 Å². The highest BCUT2D eigenvalue weighted by Gasteiger charge is 2.16. The van der Waals surface area contributed by atoms with Gasteiger partial charge in [0.2, 0.25) is 0 Å². The van der Waals surface area contributed by atoms with Crippen molar-refractivity contribution >= 4 is 22.9 Å². The van der Waals surface area contributed by atoms with E-state index in [9.17, 15) is 5.11 Å². The smallest absolute Gasteiger partial charge is 0.161 e. The predicted molar refractivity (Wildman–Crippen MR) is 77.7 cm³/mol. The predicted octanol–water partition coefficient (Wildman–Crippen LogP) is 3.81. The summed E-state index contributed by atoms with van der Waals surface area (Å²) in [5.74, 6) is 1.23. The molecule has 0 aliphatic carbocycles. The summed E-state index contributed by atoms with van der Waals surface area (Å²) in [6.07, 6.45) is -0.712. The van der Waals surface area contributed by atoms with Gasteiger partial charge in [-0.1, -0.05) is 17.7 Å². The number of hydrogen-bond acceptors (Lipinski definition) is 4. The third kappa shape index (κ3) is 2.86. The molecule has 1 atom stereocenters. The summed E-state index contributed by atoms with van der Waals surface area (Å²) in [5.41, 5.74) is 1.72.